The van der Waals surface area contributed by atoms with E-state index in [2.05, 4.69) is 5.16 Å². The number of halogens is 1. The van der Waals surface area contributed by atoms with Gasteiger partial charge in [0.1, 0.15) is 10.6 Å². The number of benzene rings is 1. The summed E-state index contributed by atoms with van der Waals surface area (Å²) in [6, 6.07) is 3.98. The highest BCUT2D eigenvalue weighted by molar-refractivity contribution is 7.90. The highest BCUT2D eigenvalue weighted by Gasteiger charge is 2.24. The van der Waals surface area contributed by atoms with Gasteiger partial charge >= 0.3 is 0 Å². The van der Waals surface area contributed by atoms with E-state index < -0.39 is 20.5 Å². The molecular weight excluding hydrogens is 275 g/mol. The number of sulfone groups is 1. The standard InChI is InChI=1S/C11H11FN2O4S/c1-17-7-4-3-6(8-5-9(13)14-18-8)10(12)11(7)19(2,15)16/h3-5H,1-2H3,(H2,13,14). The minimum absolute atomic E-state index is 0.0440. The first-order chi connectivity index (χ1) is 8.84. The molecule has 0 radical (unpaired) electrons. The lowest BCUT2D eigenvalue weighted by Crippen LogP contribution is -2.05. The van der Waals surface area contributed by atoms with Gasteiger partial charge in [-0.05, 0) is 12.1 Å². The lowest BCUT2D eigenvalue weighted by atomic mass is 10.1. The summed E-state index contributed by atoms with van der Waals surface area (Å²) >= 11 is 0. The molecule has 2 rings (SSSR count). The minimum atomic E-state index is -3.79. The molecule has 1 aromatic carbocycles. The molecule has 0 aliphatic rings. The molecule has 0 fully saturated rings. The van der Waals surface area contributed by atoms with Crippen molar-refractivity contribution >= 4 is 15.7 Å². The van der Waals surface area contributed by atoms with Crippen LogP contribution in [0.3, 0.4) is 0 Å². The molecule has 0 spiro atoms. The number of methoxy groups -OCH3 is 1. The summed E-state index contributed by atoms with van der Waals surface area (Å²) in [5.74, 6) is -0.914. The fourth-order valence-corrected chi connectivity index (χ4v) is 2.60. The molecule has 1 heterocycles. The number of nitrogens with zero attached hydrogens (tertiary/aromatic N) is 1. The van der Waals surface area contributed by atoms with Gasteiger partial charge in [-0.15, -0.1) is 0 Å². The minimum Gasteiger partial charge on any atom is -0.495 e. The quantitative estimate of drug-likeness (QED) is 0.918. The third kappa shape index (κ3) is 2.39. The highest BCUT2D eigenvalue weighted by Crippen LogP contribution is 2.34. The van der Waals surface area contributed by atoms with Crippen LogP contribution in [0.1, 0.15) is 0 Å². The molecule has 8 heteroatoms. The highest BCUT2D eigenvalue weighted by atomic mass is 32.2. The molecule has 0 atom stereocenters. The SMILES string of the molecule is COc1ccc(-c2cc(N)no2)c(F)c1S(C)(=O)=O. The largest absolute Gasteiger partial charge is 0.495 e. The van der Waals surface area contributed by atoms with Gasteiger partial charge in [0.25, 0.3) is 0 Å². The zero-order chi connectivity index (χ0) is 14.2. The Morgan fingerprint density at radius 3 is 2.58 bits per heavy atom. The van der Waals surface area contributed by atoms with Crippen molar-refractivity contribution in [2.45, 2.75) is 4.90 Å². The summed E-state index contributed by atoms with van der Waals surface area (Å²) in [7, 11) is -2.53. The Bertz CT molecular complexity index is 724. The van der Waals surface area contributed by atoms with E-state index in [-0.39, 0.29) is 22.9 Å². The fraction of sp³-hybridized carbons (Fsp3) is 0.182. The first-order valence-electron chi connectivity index (χ1n) is 5.13. The third-order valence-corrected chi connectivity index (χ3v) is 3.57. The predicted octanol–water partition coefficient (Wildman–Crippen LogP) is 1.48. The van der Waals surface area contributed by atoms with E-state index in [0.29, 0.717) is 0 Å². The Morgan fingerprint density at radius 1 is 1.42 bits per heavy atom. The first-order valence-corrected chi connectivity index (χ1v) is 7.03. The number of ether oxygens (including phenoxy) is 1. The van der Waals surface area contributed by atoms with Crippen LogP contribution in [0.15, 0.2) is 27.6 Å². The van der Waals surface area contributed by atoms with Gasteiger partial charge in [0.05, 0.1) is 12.7 Å². The van der Waals surface area contributed by atoms with Crippen LogP contribution in [0.2, 0.25) is 0 Å². The molecule has 0 bridgehead atoms. The molecule has 0 aliphatic carbocycles. The van der Waals surface area contributed by atoms with Crippen LogP contribution in [-0.2, 0) is 9.84 Å². The molecule has 2 aromatic rings. The summed E-state index contributed by atoms with van der Waals surface area (Å²) in [6.07, 6.45) is 0.895. The number of nitrogen functional groups attached to an aromatic ring is 1. The van der Waals surface area contributed by atoms with Gasteiger partial charge in [0.15, 0.2) is 27.2 Å². The van der Waals surface area contributed by atoms with Crippen LogP contribution in [0.25, 0.3) is 11.3 Å². The Morgan fingerprint density at radius 2 is 2.11 bits per heavy atom. The molecule has 1 aromatic heterocycles. The molecule has 19 heavy (non-hydrogen) atoms. The monoisotopic (exact) mass is 286 g/mol. The lowest BCUT2D eigenvalue weighted by molar-refractivity contribution is 0.394. The summed E-state index contributed by atoms with van der Waals surface area (Å²) in [4.78, 5) is -0.525. The van der Waals surface area contributed by atoms with Crippen LogP contribution in [0, 0.1) is 5.82 Å². The van der Waals surface area contributed by atoms with Crippen molar-refractivity contribution < 1.29 is 22.1 Å². The summed E-state index contributed by atoms with van der Waals surface area (Å²) in [5, 5.41) is 3.42. The van der Waals surface area contributed by atoms with Crippen LogP contribution in [-0.4, -0.2) is 26.9 Å². The molecule has 0 saturated carbocycles. The van der Waals surface area contributed by atoms with Crippen molar-refractivity contribution in [3.8, 4) is 17.1 Å². The van der Waals surface area contributed by atoms with E-state index in [1.54, 1.807) is 0 Å². The topological polar surface area (TPSA) is 95.4 Å². The zero-order valence-corrected chi connectivity index (χ0v) is 11.0. The molecule has 2 N–H and O–H groups in total. The van der Waals surface area contributed by atoms with Gasteiger partial charge in [0, 0.05) is 12.3 Å². The molecule has 0 unspecified atom stereocenters. The van der Waals surface area contributed by atoms with Crippen molar-refractivity contribution in [2.24, 2.45) is 0 Å². The number of hydrogen-bond acceptors (Lipinski definition) is 6. The first kappa shape index (κ1) is 13.3. The van der Waals surface area contributed by atoms with Crippen molar-refractivity contribution in [3.05, 3.63) is 24.0 Å². The van der Waals surface area contributed by atoms with E-state index in [4.69, 9.17) is 15.0 Å². The van der Waals surface area contributed by atoms with Crippen LogP contribution < -0.4 is 10.5 Å². The average Bonchev–Trinajstić information content (AvgIpc) is 2.73. The molecule has 0 aliphatic heterocycles. The molecule has 102 valence electrons. The normalized spacial score (nSPS) is 11.5. The van der Waals surface area contributed by atoms with Crippen molar-refractivity contribution in [1.29, 1.82) is 0 Å². The Kier molecular flexibility index (Phi) is 3.19. The van der Waals surface area contributed by atoms with Crippen molar-refractivity contribution in [3.63, 3.8) is 0 Å². The van der Waals surface area contributed by atoms with Gasteiger partial charge < -0.3 is 15.0 Å². The van der Waals surface area contributed by atoms with Gasteiger partial charge in [0.2, 0.25) is 0 Å². The maximum atomic E-state index is 14.3. The second kappa shape index (κ2) is 4.54. The van der Waals surface area contributed by atoms with Gasteiger partial charge in [-0.1, -0.05) is 5.16 Å². The summed E-state index contributed by atoms with van der Waals surface area (Å²) < 4.78 is 47.3. The van der Waals surface area contributed by atoms with Gasteiger partial charge in [-0.2, -0.15) is 0 Å². The van der Waals surface area contributed by atoms with E-state index in [9.17, 15) is 12.8 Å². The fourth-order valence-electron chi connectivity index (χ4n) is 1.65. The van der Waals surface area contributed by atoms with Crippen LogP contribution in [0.4, 0.5) is 10.2 Å². The second-order valence-electron chi connectivity index (χ2n) is 3.85. The summed E-state index contributed by atoms with van der Waals surface area (Å²) in [5.41, 5.74) is 5.33. The van der Waals surface area contributed by atoms with E-state index in [0.717, 1.165) is 6.26 Å². The predicted molar refractivity (Wildman–Crippen MR) is 66.0 cm³/mol. The number of anilines is 1. The molecule has 0 amide bonds. The van der Waals surface area contributed by atoms with Gasteiger partial charge in [-0.25, -0.2) is 12.8 Å². The number of nitrogens with two attached hydrogens (primary N) is 1. The zero-order valence-electron chi connectivity index (χ0n) is 10.2. The molecule has 0 saturated heterocycles. The van der Waals surface area contributed by atoms with E-state index in [1.807, 2.05) is 0 Å². The number of aromatic nitrogens is 1. The van der Waals surface area contributed by atoms with Crippen LogP contribution in [0.5, 0.6) is 5.75 Å². The van der Waals surface area contributed by atoms with Crippen molar-refractivity contribution in [1.82, 2.24) is 5.16 Å². The second-order valence-corrected chi connectivity index (χ2v) is 5.80. The number of hydrogen-bond donors (Lipinski definition) is 1. The lowest BCUT2D eigenvalue weighted by Gasteiger charge is -2.09. The van der Waals surface area contributed by atoms with E-state index >= 15 is 0 Å². The maximum absolute atomic E-state index is 14.3. The van der Waals surface area contributed by atoms with Gasteiger partial charge in [-0.3, -0.25) is 0 Å². The number of rotatable bonds is 3. The maximum Gasteiger partial charge on any atom is 0.182 e. The Labute approximate surface area is 108 Å². The Balaban J connectivity index is 2.73. The third-order valence-electron chi connectivity index (χ3n) is 2.45. The summed E-state index contributed by atoms with van der Waals surface area (Å²) in [6.45, 7) is 0. The van der Waals surface area contributed by atoms with Crippen molar-refractivity contribution in [2.75, 3.05) is 19.1 Å². The Hall–Kier alpha value is -2.09. The van der Waals surface area contributed by atoms with Crippen LogP contribution >= 0.6 is 0 Å². The average molecular weight is 286 g/mol. The molecule has 6 nitrogen and oxygen atoms in total. The van der Waals surface area contributed by atoms with E-state index in [1.165, 1.54) is 25.3 Å². The smallest absolute Gasteiger partial charge is 0.182 e. The molecular formula is C11H11FN2O4S.